The number of piperazine rings is 1. The molecule has 26 heavy (non-hydrogen) atoms. The number of benzene rings is 1. The highest BCUT2D eigenvalue weighted by Gasteiger charge is 2.29. The van der Waals surface area contributed by atoms with Crippen molar-refractivity contribution in [3.8, 4) is 11.5 Å². The maximum atomic E-state index is 12.7. The molecule has 0 spiro atoms. The van der Waals surface area contributed by atoms with E-state index < -0.39 is 0 Å². The minimum atomic E-state index is -0.342. The molecule has 0 aromatic heterocycles. The van der Waals surface area contributed by atoms with Gasteiger partial charge in [-0.15, -0.1) is 0 Å². The Kier molecular flexibility index (Phi) is 4.97. The zero-order valence-electron chi connectivity index (χ0n) is 14.9. The van der Waals surface area contributed by atoms with Gasteiger partial charge in [-0.1, -0.05) is 12.5 Å². The van der Waals surface area contributed by atoms with E-state index in [1.165, 1.54) is 5.56 Å². The molecule has 1 aromatic carbocycles. The topological polar surface area (TPSA) is 71.1 Å². The van der Waals surface area contributed by atoms with Crippen molar-refractivity contribution in [2.24, 2.45) is 0 Å². The molecular weight excluding hydrogens is 334 g/mol. The fourth-order valence-electron chi connectivity index (χ4n) is 3.80. The van der Waals surface area contributed by atoms with Crippen molar-refractivity contribution in [1.29, 1.82) is 0 Å². The second-order valence-electron chi connectivity index (χ2n) is 7.15. The highest BCUT2D eigenvalue weighted by molar-refractivity contribution is 5.88. The summed E-state index contributed by atoms with van der Waals surface area (Å²) in [5.41, 5.74) is 1.19. The number of ether oxygens (including phenoxy) is 2. The van der Waals surface area contributed by atoms with Crippen LogP contribution in [0, 0.1) is 0 Å². The average Bonchev–Trinajstić information content (AvgIpc) is 3.01. The summed E-state index contributed by atoms with van der Waals surface area (Å²) in [4.78, 5) is 28.6. The van der Waals surface area contributed by atoms with E-state index in [2.05, 4.69) is 16.3 Å². The van der Waals surface area contributed by atoms with Gasteiger partial charge in [0.25, 0.3) is 0 Å². The number of amides is 2. The predicted octanol–water partition coefficient (Wildman–Crippen LogP) is 1.12. The highest BCUT2D eigenvalue weighted by Crippen LogP contribution is 2.32. The molecule has 2 amide bonds. The number of hydrogen-bond acceptors (Lipinski definition) is 5. The number of carbonyl (C=O) groups is 2. The first kappa shape index (κ1) is 17.1. The highest BCUT2D eigenvalue weighted by atomic mass is 16.7. The number of nitrogens with zero attached hydrogens (tertiary/aromatic N) is 2. The van der Waals surface area contributed by atoms with E-state index in [4.69, 9.17) is 9.47 Å². The Bertz CT molecular complexity index is 685. The maximum Gasteiger partial charge on any atom is 0.245 e. The maximum absolute atomic E-state index is 12.7. The number of carbonyl (C=O) groups excluding carboxylic acids is 2. The van der Waals surface area contributed by atoms with Crippen LogP contribution in [0.4, 0.5) is 0 Å². The van der Waals surface area contributed by atoms with Crippen molar-refractivity contribution < 1.29 is 19.1 Å². The van der Waals surface area contributed by atoms with Gasteiger partial charge in [0.2, 0.25) is 18.6 Å². The van der Waals surface area contributed by atoms with Crippen LogP contribution in [-0.4, -0.2) is 60.6 Å². The number of nitrogens with one attached hydrogen (secondary N) is 1. The van der Waals surface area contributed by atoms with Crippen LogP contribution in [0.1, 0.15) is 31.2 Å². The lowest BCUT2D eigenvalue weighted by molar-refractivity contribution is -0.137. The molecule has 1 unspecified atom stereocenters. The van der Waals surface area contributed by atoms with E-state index in [1.54, 1.807) is 0 Å². The summed E-state index contributed by atoms with van der Waals surface area (Å²) in [6, 6.07) is 5.70. The third kappa shape index (κ3) is 3.77. The molecule has 7 heteroatoms. The molecule has 1 N–H and O–H groups in total. The van der Waals surface area contributed by atoms with Crippen molar-refractivity contribution in [3.05, 3.63) is 23.8 Å². The standard InChI is InChI=1S/C19H25N3O4/c23-18-4-2-1-3-15(20-18)19(24)22-9-7-21(8-10-22)12-14-5-6-16-17(11-14)26-13-25-16/h5-6,11,15H,1-4,7-10,12-13H2,(H,20,23). The molecule has 7 nitrogen and oxygen atoms in total. The second kappa shape index (κ2) is 7.53. The van der Waals surface area contributed by atoms with Gasteiger partial charge < -0.3 is 19.7 Å². The number of rotatable bonds is 3. The second-order valence-corrected chi connectivity index (χ2v) is 7.15. The Balaban J connectivity index is 1.29. The molecule has 1 aromatic rings. The SMILES string of the molecule is O=C1CCCCC(C(=O)N2CCN(Cc3ccc4c(c3)OCO4)CC2)N1. The molecule has 3 aliphatic rings. The summed E-state index contributed by atoms with van der Waals surface area (Å²) in [5, 5.41) is 2.88. The molecule has 140 valence electrons. The minimum absolute atomic E-state index is 0.00212. The van der Waals surface area contributed by atoms with Crippen LogP contribution in [0.15, 0.2) is 18.2 Å². The first-order chi connectivity index (χ1) is 12.7. The molecule has 3 heterocycles. The third-order valence-electron chi connectivity index (χ3n) is 5.31. The van der Waals surface area contributed by atoms with E-state index in [9.17, 15) is 9.59 Å². The van der Waals surface area contributed by atoms with Crippen molar-refractivity contribution in [1.82, 2.24) is 15.1 Å². The van der Waals surface area contributed by atoms with Gasteiger partial charge in [0.05, 0.1) is 0 Å². The molecular formula is C19H25N3O4. The lowest BCUT2D eigenvalue weighted by Crippen LogP contribution is -2.54. The van der Waals surface area contributed by atoms with Crippen molar-refractivity contribution in [2.45, 2.75) is 38.3 Å². The van der Waals surface area contributed by atoms with Crippen LogP contribution in [0.5, 0.6) is 11.5 Å². The summed E-state index contributed by atoms with van der Waals surface area (Å²) in [7, 11) is 0. The molecule has 0 saturated carbocycles. The van der Waals surface area contributed by atoms with Crippen molar-refractivity contribution in [2.75, 3.05) is 33.0 Å². The minimum Gasteiger partial charge on any atom is -0.454 e. The van der Waals surface area contributed by atoms with Gasteiger partial charge in [-0.2, -0.15) is 0 Å². The first-order valence-corrected chi connectivity index (χ1v) is 9.38. The van der Waals surface area contributed by atoms with Gasteiger partial charge in [0, 0.05) is 39.1 Å². The van der Waals surface area contributed by atoms with E-state index >= 15 is 0 Å². The summed E-state index contributed by atoms with van der Waals surface area (Å²) in [5.74, 6) is 1.68. The summed E-state index contributed by atoms with van der Waals surface area (Å²) < 4.78 is 10.8. The summed E-state index contributed by atoms with van der Waals surface area (Å²) in [6.07, 6.45) is 3.09. The molecule has 2 saturated heterocycles. The third-order valence-corrected chi connectivity index (χ3v) is 5.31. The van der Waals surface area contributed by atoms with Gasteiger partial charge in [0.1, 0.15) is 6.04 Å². The Hall–Kier alpha value is -2.28. The lowest BCUT2D eigenvalue weighted by atomic mass is 10.1. The quantitative estimate of drug-likeness (QED) is 0.876. The normalized spacial score (nSPS) is 23.5. The zero-order valence-corrected chi connectivity index (χ0v) is 14.9. The monoisotopic (exact) mass is 359 g/mol. The fourth-order valence-corrected chi connectivity index (χ4v) is 3.80. The van der Waals surface area contributed by atoms with Crippen LogP contribution in [0.25, 0.3) is 0 Å². The first-order valence-electron chi connectivity index (χ1n) is 9.38. The molecule has 0 radical (unpaired) electrons. The summed E-state index contributed by atoms with van der Waals surface area (Å²) >= 11 is 0. The van der Waals surface area contributed by atoms with Gasteiger partial charge >= 0.3 is 0 Å². The lowest BCUT2D eigenvalue weighted by Gasteiger charge is -2.36. The van der Waals surface area contributed by atoms with Crippen molar-refractivity contribution >= 4 is 11.8 Å². The van der Waals surface area contributed by atoms with Crippen LogP contribution in [0.2, 0.25) is 0 Å². The number of hydrogen-bond donors (Lipinski definition) is 1. The smallest absolute Gasteiger partial charge is 0.245 e. The average molecular weight is 359 g/mol. The van der Waals surface area contributed by atoms with Crippen molar-refractivity contribution in [3.63, 3.8) is 0 Å². The molecule has 0 bridgehead atoms. The van der Waals surface area contributed by atoms with E-state index in [1.807, 2.05) is 17.0 Å². The molecule has 0 aliphatic carbocycles. The van der Waals surface area contributed by atoms with E-state index in [0.717, 1.165) is 50.4 Å². The zero-order chi connectivity index (χ0) is 17.9. The van der Waals surface area contributed by atoms with Crippen LogP contribution < -0.4 is 14.8 Å². The fraction of sp³-hybridized carbons (Fsp3) is 0.579. The Morgan fingerprint density at radius 2 is 1.92 bits per heavy atom. The molecule has 3 aliphatic heterocycles. The van der Waals surface area contributed by atoms with Gasteiger partial charge in [-0.25, -0.2) is 0 Å². The largest absolute Gasteiger partial charge is 0.454 e. The molecule has 1 atom stereocenters. The van der Waals surface area contributed by atoms with Crippen LogP contribution in [-0.2, 0) is 16.1 Å². The van der Waals surface area contributed by atoms with Crippen LogP contribution >= 0.6 is 0 Å². The predicted molar refractivity (Wildman–Crippen MR) is 94.8 cm³/mol. The Labute approximate surface area is 153 Å². The number of fused-ring (bicyclic) bond motifs is 1. The van der Waals surface area contributed by atoms with E-state index in [0.29, 0.717) is 19.5 Å². The van der Waals surface area contributed by atoms with Gasteiger partial charge in [0.15, 0.2) is 11.5 Å². The van der Waals surface area contributed by atoms with Crippen LogP contribution in [0.3, 0.4) is 0 Å². The molecule has 2 fully saturated rings. The van der Waals surface area contributed by atoms with Gasteiger partial charge in [-0.05, 0) is 30.5 Å². The Morgan fingerprint density at radius 3 is 2.77 bits per heavy atom. The summed E-state index contributed by atoms with van der Waals surface area (Å²) in [6.45, 7) is 4.20. The molecule has 4 rings (SSSR count). The van der Waals surface area contributed by atoms with E-state index in [-0.39, 0.29) is 24.6 Å². The Morgan fingerprint density at radius 1 is 1.12 bits per heavy atom. The van der Waals surface area contributed by atoms with Gasteiger partial charge in [-0.3, -0.25) is 14.5 Å².